The predicted octanol–water partition coefficient (Wildman–Crippen LogP) is 1.50. The Bertz CT molecular complexity index is 1080. The second kappa shape index (κ2) is 7.20. The number of rotatable bonds is 3. The van der Waals surface area contributed by atoms with E-state index < -0.39 is 0 Å². The Morgan fingerprint density at radius 1 is 1.25 bits per heavy atom. The number of imidazole rings is 1. The van der Waals surface area contributed by atoms with E-state index in [1.54, 1.807) is 18.3 Å². The topological polar surface area (TPSA) is 85.1 Å². The number of hydrogen-bond acceptors (Lipinski definition) is 5. The summed E-state index contributed by atoms with van der Waals surface area (Å²) in [6, 6.07) is 6.85. The van der Waals surface area contributed by atoms with Crippen molar-refractivity contribution in [1.82, 2.24) is 29.5 Å². The number of piperazine rings is 1. The zero-order valence-electron chi connectivity index (χ0n) is 16.3. The smallest absolute Gasteiger partial charge is 0.275 e. The first-order valence-corrected chi connectivity index (χ1v) is 9.49. The molecule has 0 spiro atoms. The molecule has 1 aliphatic rings. The molecule has 4 rings (SSSR count). The highest BCUT2D eigenvalue weighted by Crippen LogP contribution is 2.24. The van der Waals surface area contributed by atoms with E-state index in [4.69, 9.17) is 0 Å². The fourth-order valence-corrected chi connectivity index (χ4v) is 3.73. The Hall–Kier alpha value is -3.00. The maximum absolute atomic E-state index is 13.6. The molecule has 2 aromatic heterocycles. The van der Waals surface area contributed by atoms with E-state index in [0.29, 0.717) is 36.1 Å². The van der Waals surface area contributed by atoms with E-state index in [-0.39, 0.29) is 23.6 Å². The van der Waals surface area contributed by atoms with Crippen LogP contribution in [0.4, 0.5) is 0 Å². The molecule has 1 unspecified atom stereocenters. The van der Waals surface area contributed by atoms with Crippen molar-refractivity contribution in [2.24, 2.45) is 7.05 Å². The summed E-state index contributed by atoms with van der Waals surface area (Å²) in [5.41, 5.74) is 0.133. The van der Waals surface area contributed by atoms with Crippen LogP contribution in [-0.4, -0.2) is 49.8 Å². The van der Waals surface area contributed by atoms with Crippen LogP contribution in [0, 0.1) is 0 Å². The maximum atomic E-state index is 13.6. The van der Waals surface area contributed by atoms with Crippen LogP contribution >= 0.6 is 0 Å². The van der Waals surface area contributed by atoms with Crippen molar-refractivity contribution in [3.05, 3.63) is 58.5 Å². The number of aromatic nitrogens is 4. The molecule has 1 amide bonds. The Balaban J connectivity index is 1.85. The van der Waals surface area contributed by atoms with Gasteiger partial charge in [-0.2, -0.15) is 5.10 Å². The molecule has 0 saturated carbocycles. The largest absolute Gasteiger partial charge is 0.336 e. The average Bonchev–Trinajstić information content (AvgIpc) is 3.13. The fraction of sp³-hybridized carbons (Fsp3) is 0.400. The molecule has 0 radical (unpaired) electrons. The molecule has 0 aliphatic carbocycles. The highest BCUT2D eigenvalue weighted by Gasteiger charge is 2.33. The second-order valence-electron chi connectivity index (χ2n) is 7.35. The third-order valence-corrected chi connectivity index (χ3v) is 5.18. The van der Waals surface area contributed by atoms with E-state index in [1.807, 2.05) is 48.7 Å². The molecule has 1 fully saturated rings. The van der Waals surface area contributed by atoms with Crippen molar-refractivity contribution in [2.75, 3.05) is 19.6 Å². The summed E-state index contributed by atoms with van der Waals surface area (Å²) in [4.78, 5) is 32.6. The van der Waals surface area contributed by atoms with Gasteiger partial charge in [-0.15, -0.1) is 0 Å². The van der Waals surface area contributed by atoms with Crippen LogP contribution < -0.4 is 10.9 Å². The Morgan fingerprint density at radius 2 is 2.00 bits per heavy atom. The minimum Gasteiger partial charge on any atom is -0.336 e. The van der Waals surface area contributed by atoms with Crippen molar-refractivity contribution in [3.63, 3.8) is 0 Å². The summed E-state index contributed by atoms with van der Waals surface area (Å²) in [5.74, 6) is 0.641. The summed E-state index contributed by atoms with van der Waals surface area (Å²) in [5, 5.41) is 8.92. The van der Waals surface area contributed by atoms with Crippen LogP contribution in [0.1, 0.15) is 42.2 Å². The lowest BCUT2D eigenvalue weighted by molar-refractivity contribution is 0.0614. The van der Waals surface area contributed by atoms with Crippen LogP contribution in [0.25, 0.3) is 10.8 Å². The molecule has 3 heterocycles. The van der Waals surface area contributed by atoms with Gasteiger partial charge in [-0.3, -0.25) is 9.59 Å². The van der Waals surface area contributed by atoms with Crippen molar-refractivity contribution in [2.45, 2.75) is 25.9 Å². The molecule has 8 heteroatoms. The molecule has 1 atom stereocenters. The van der Waals surface area contributed by atoms with Crippen LogP contribution in [0.15, 0.2) is 41.5 Å². The summed E-state index contributed by atoms with van der Waals surface area (Å²) in [6.45, 7) is 5.65. The summed E-state index contributed by atoms with van der Waals surface area (Å²) in [7, 11) is 1.92. The molecule has 1 aromatic carbocycles. The molecule has 28 heavy (non-hydrogen) atoms. The molecule has 0 bridgehead atoms. The van der Waals surface area contributed by atoms with Gasteiger partial charge in [-0.25, -0.2) is 9.67 Å². The van der Waals surface area contributed by atoms with E-state index in [2.05, 4.69) is 15.4 Å². The zero-order chi connectivity index (χ0) is 19.8. The van der Waals surface area contributed by atoms with Gasteiger partial charge in [-0.05, 0) is 19.9 Å². The molecular formula is C20H24N6O2. The van der Waals surface area contributed by atoms with Gasteiger partial charge in [0.05, 0.1) is 11.4 Å². The van der Waals surface area contributed by atoms with Crippen molar-refractivity contribution in [3.8, 4) is 0 Å². The van der Waals surface area contributed by atoms with Crippen molar-refractivity contribution < 1.29 is 4.79 Å². The van der Waals surface area contributed by atoms with Gasteiger partial charge in [0.1, 0.15) is 11.9 Å². The lowest BCUT2D eigenvalue weighted by atomic mass is 10.1. The quantitative estimate of drug-likeness (QED) is 0.744. The SMILES string of the molecule is CC(C)n1nc(C(=O)N2CCNCC2c2nccn2C)c2ccccc2c1=O. The van der Waals surface area contributed by atoms with Gasteiger partial charge in [0.2, 0.25) is 0 Å². The molecular weight excluding hydrogens is 356 g/mol. The average molecular weight is 380 g/mol. The summed E-state index contributed by atoms with van der Waals surface area (Å²) < 4.78 is 3.33. The molecule has 1 saturated heterocycles. The second-order valence-corrected chi connectivity index (χ2v) is 7.35. The number of fused-ring (bicyclic) bond motifs is 1. The van der Waals surface area contributed by atoms with Crippen molar-refractivity contribution in [1.29, 1.82) is 0 Å². The molecule has 1 aliphatic heterocycles. The number of nitrogens with one attached hydrogen (secondary N) is 1. The van der Waals surface area contributed by atoms with E-state index in [0.717, 1.165) is 5.82 Å². The fourth-order valence-electron chi connectivity index (χ4n) is 3.73. The van der Waals surface area contributed by atoms with E-state index in [1.165, 1.54) is 4.68 Å². The minimum atomic E-state index is -0.193. The van der Waals surface area contributed by atoms with Crippen LogP contribution in [0.2, 0.25) is 0 Å². The number of carbonyl (C=O) groups excluding carboxylic acids is 1. The first-order chi connectivity index (χ1) is 13.5. The lowest BCUT2D eigenvalue weighted by Gasteiger charge is -2.35. The number of aryl methyl sites for hydroxylation is 1. The third-order valence-electron chi connectivity index (χ3n) is 5.18. The number of carbonyl (C=O) groups is 1. The summed E-state index contributed by atoms with van der Waals surface area (Å²) >= 11 is 0. The first-order valence-electron chi connectivity index (χ1n) is 9.49. The van der Waals surface area contributed by atoms with Crippen molar-refractivity contribution >= 4 is 16.7 Å². The monoisotopic (exact) mass is 380 g/mol. The van der Waals surface area contributed by atoms with E-state index in [9.17, 15) is 9.59 Å². The molecule has 3 aromatic rings. The Kier molecular flexibility index (Phi) is 4.72. The van der Waals surface area contributed by atoms with Crippen LogP contribution in [0.5, 0.6) is 0 Å². The van der Waals surface area contributed by atoms with Gasteiger partial charge in [0.15, 0.2) is 5.69 Å². The molecule has 1 N–H and O–H groups in total. The molecule has 8 nitrogen and oxygen atoms in total. The molecule has 146 valence electrons. The number of benzene rings is 1. The van der Waals surface area contributed by atoms with Crippen LogP contribution in [0.3, 0.4) is 0 Å². The lowest BCUT2D eigenvalue weighted by Crippen LogP contribution is -2.50. The van der Waals surface area contributed by atoms with Gasteiger partial charge >= 0.3 is 0 Å². The number of hydrogen-bond donors (Lipinski definition) is 1. The van der Waals surface area contributed by atoms with Gasteiger partial charge < -0.3 is 14.8 Å². The van der Waals surface area contributed by atoms with Gasteiger partial charge in [0.25, 0.3) is 11.5 Å². The standard InChI is InChI=1S/C20H24N6O2/c1-13(2)26-19(27)15-7-5-4-6-14(15)17(23-26)20(28)25-11-8-21-12-16(25)18-22-9-10-24(18)3/h4-7,9-10,13,16,21H,8,11-12H2,1-3H3. The number of amides is 1. The van der Waals surface area contributed by atoms with Gasteiger partial charge in [-0.1, -0.05) is 18.2 Å². The zero-order valence-corrected chi connectivity index (χ0v) is 16.3. The minimum absolute atomic E-state index is 0.142. The first kappa shape index (κ1) is 18.4. The third kappa shape index (κ3) is 2.99. The van der Waals surface area contributed by atoms with Gasteiger partial charge in [0, 0.05) is 44.5 Å². The highest BCUT2D eigenvalue weighted by molar-refractivity contribution is 6.05. The highest BCUT2D eigenvalue weighted by atomic mass is 16.2. The Labute approximate surface area is 162 Å². The van der Waals surface area contributed by atoms with Crippen LogP contribution in [-0.2, 0) is 7.05 Å². The number of nitrogens with zero attached hydrogens (tertiary/aromatic N) is 5. The predicted molar refractivity (Wildman–Crippen MR) is 106 cm³/mol. The normalized spacial score (nSPS) is 17.4. The maximum Gasteiger partial charge on any atom is 0.275 e. The van der Waals surface area contributed by atoms with E-state index >= 15 is 0 Å². The summed E-state index contributed by atoms with van der Waals surface area (Å²) in [6.07, 6.45) is 3.61. The Morgan fingerprint density at radius 3 is 2.68 bits per heavy atom.